The Morgan fingerprint density at radius 3 is 3.08 bits per heavy atom. The van der Waals surface area contributed by atoms with Crippen LogP contribution in [0.5, 0.6) is 0 Å². The number of nitrogens with zero attached hydrogens (tertiary/aromatic N) is 1. The predicted octanol–water partition coefficient (Wildman–Crippen LogP) is 0.415. The summed E-state index contributed by atoms with van der Waals surface area (Å²) in [7, 11) is 0. The first-order chi connectivity index (χ1) is 6.29. The third kappa shape index (κ3) is 1.43. The van der Waals surface area contributed by atoms with Gasteiger partial charge in [-0.25, -0.2) is 9.78 Å². The van der Waals surface area contributed by atoms with Gasteiger partial charge in [0, 0.05) is 11.6 Å². The number of hydrogen-bond acceptors (Lipinski definition) is 3. The van der Waals surface area contributed by atoms with E-state index in [0.717, 1.165) is 10.9 Å². The molecule has 0 radical (unpaired) electrons. The first-order valence-corrected chi connectivity index (χ1v) is 3.88. The highest BCUT2D eigenvalue weighted by Crippen LogP contribution is 2.10. The molecule has 1 aromatic heterocycles. The average Bonchev–Trinajstić information content (AvgIpc) is 2.16. The van der Waals surface area contributed by atoms with Gasteiger partial charge in [-0.15, -0.1) is 0 Å². The summed E-state index contributed by atoms with van der Waals surface area (Å²) in [6.45, 7) is -0.0275. The van der Waals surface area contributed by atoms with Crippen LogP contribution in [0.3, 0.4) is 0 Å². The van der Waals surface area contributed by atoms with Gasteiger partial charge in [-0.2, -0.15) is 0 Å². The van der Waals surface area contributed by atoms with E-state index in [0.29, 0.717) is 5.52 Å². The van der Waals surface area contributed by atoms with Gasteiger partial charge in [0.25, 0.3) is 0 Å². The Bertz CT molecular complexity index is 490. The summed E-state index contributed by atoms with van der Waals surface area (Å²) in [6, 6.07) is 5.34. The standard InChI is InChI=1S/C9H8N2O2/c12-5-6-1-2-7-4-10-9(13)11-8(7)3-6/h1-4,12H,5H2,(H,10,11,13). The molecule has 2 rings (SSSR count). The predicted molar refractivity (Wildman–Crippen MR) is 48.3 cm³/mol. The van der Waals surface area contributed by atoms with Gasteiger partial charge in [-0.1, -0.05) is 12.1 Å². The molecule has 1 heterocycles. The smallest absolute Gasteiger partial charge is 0.345 e. The van der Waals surface area contributed by atoms with Crippen LogP contribution in [0.25, 0.3) is 10.9 Å². The number of H-pyrrole nitrogens is 1. The van der Waals surface area contributed by atoms with Crippen LogP contribution in [0.2, 0.25) is 0 Å². The highest BCUT2D eigenvalue weighted by atomic mass is 16.3. The van der Waals surface area contributed by atoms with Gasteiger partial charge >= 0.3 is 5.69 Å². The number of fused-ring (bicyclic) bond motifs is 1. The second kappa shape index (κ2) is 2.99. The lowest BCUT2D eigenvalue weighted by Gasteiger charge is -1.98. The minimum Gasteiger partial charge on any atom is -0.392 e. The van der Waals surface area contributed by atoms with Gasteiger partial charge in [0.05, 0.1) is 12.1 Å². The van der Waals surface area contributed by atoms with Gasteiger partial charge in [-0.3, -0.25) is 0 Å². The van der Waals surface area contributed by atoms with Crippen LogP contribution in [0.15, 0.2) is 29.2 Å². The molecule has 13 heavy (non-hydrogen) atoms. The van der Waals surface area contributed by atoms with Crippen molar-refractivity contribution >= 4 is 10.9 Å². The molecule has 2 N–H and O–H groups in total. The molecular weight excluding hydrogens is 168 g/mol. The first-order valence-electron chi connectivity index (χ1n) is 3.88. The largest absolute Gasteiger partial charge is 0.392 e. The molecule has 0 atom stereocenters. The zero-order valence-electron chi connectivity index (χ0n) is 6.82. The fourth-order valence-electron chi connectivity index (χ4n) is 1.20. The molecular formula is C9H8N2O2. The van der Waals surface area contributed by atoms with Crippen molar-refractivity contribution in [2.45, 2.75) is 6.61 Å². The lowest BCUT2D eigenvalue weighted by molar-refractivity contribution is 0.282. The summed E-state index contributed by atoms with van der Waals surface area (Å²) in [5.74, 6) is 0. The highest BCUT2D eigenvalue weighted by molar-refractivity contribution is 5.77. The van der Waals surface area contributed by atoms with Crippen LogP contribution < -0.4 is 5.69 Å². The normalized spacial score (nSPS) is 10.5. The topological polar surface area (TPSA) is 66.0 Å². The Labute approximate surface area is 73.9 Å². The number of aliphatic hydroxyl groups is 1. The van der Waals surface area contributed by atoms with E-state index in [1.807, 2.05) is 6.07 Å². The summed E-state index contributed by atoms with van der Waals surface area (Å²) in [5, 5.41) is 9.72. The summed E-state index contributed by atoms with van der Waals surface area (Å²) in [6.07, 6.45) is 1.51. The molecule has 0 aliphatic heterocycles. The highest BCUT2D eigenvalue weighted by Gasteiger charge is 1.96. The van der Waals surface area contributed by atoms with Gasteiger partial charge < -0.3 is 10.1 Å². The number of benzene rings is 1. The molecule has 0 aliphatic carbocycles. The fourth-order valence-corrected chi connectivity index (χ4v) is 1.20. The maximum Gasteiger partial charge on any atom is 0.345 e. The molecule has 0 saturated heterocycles. The molecule has 0 saturated carbocycles. The number of rotatable bonds is 1. The average molecular weight is 176 g/mol. The van der Waals surface area contributed by atoms with Crippen LogP contribution >= 0.6 is 0 Å². The van der Waals surface area contributed by atoms with Crippen molar-refractivity contribution in [2.75, 3.05) is 0 Å². The van der Waals surface area contributed by atoms with Gasteiger partial charge in [0.1, 0.15) is 0 Å². The Kier molecular flexibility index (Phi) is 1.83. The van der Waals surface area contributed by atoms with Crippen molar-refractivity contribution in [3.63, 3.8) is 0 Å². The quantitative estimate of drug-likeness (QED) is 0.661. The molecule has 66 valence electrons. The van der Waals surface area contributed by atoms with E-state index in [4.69, 9.17) is 5.11 Å². The summed E-state index contributed by atoms with van der Waals surface area (Å²) >= 11 is 0. The second-order valence-electron chi connectivity index (χ2n) is 2.77. The summed E-state index contributed by atoms with van der Waals surface area (Å²) < 4.78 is 0. The van der Waals surface area contributed by atoms with Crippen LogP contribution in [0.4, 0.5) is 0 Å². The molecule has 0 spiro atoms. The minimum atomic E-state index is -0.373. The zero-order valence-corrected chi connectivity index (χ0v) is 6.82. The molecule has 0 amide bonds. The third-order valence-corrected chi connectivity index (χ3v) is 1.86. The SMILES string of the molecule is O=c1ncc2ccc(CO)cc2[nH]1. The molecule has 0 aliphatic rings. The molecule has 0 unspecified atom stereocenters. The zero-order chi connectivity index (χ0) is 9.26. The van der Waals surface area contributed by atoms with Crippen molar-refractivity contribution in [3.8, 4) is 0 Å². The first kappa shape index (κ1) is 7.94. The Morgan fingerprint density at radius 2 is 2.31 bits per heavy atom. The number of hydrogen-bond donors (Lipinski definition) is 2. The molecule has 0 bridgehead atoms. The van der Waals surface area contributed by atoms with Gasteiger partial charge in [0.15, 0.2) is 0 Å². The van der Waals surface area contributed by atoms with Crippen molar-refractivity contribution in [1.82, 2.24) is 9.97 Å². The van der Waals surface area contributed by atoms with E-state index < -0.39 is 0 Å². The monoisotopic (exact) mass is 176 g/mol. The number of aromatic nitrogens is 2. The maximum absolute atomic E-state index is 10.9. The minimum absolute atomic E-state index is 0.0275. The van der Waals surface area contributed by atoms with Crippen LogP contribution in [-0.4, -0.2) is 15.1 Å². The lowest BCUT2D eigenvalue weighted by Crippen LogP contribution is -2.08. The fraction of sp³-hybridized carbons (Fsp3) is 0.111. The maximum atomic E-state index is 10.9. The van der Waals surface area contributed by atoms with E-state index in [-0.39, 0.29) is 12.3 Å². The second-order valence-corrected chi connectivity index (χ2v) is 2.77. The summed E-state index contributed by atoms with van der Waals surface area (Å²) in [5.41, 5.74) is 1.10. The van der Waals surface area contributed by atoms with E-state index in [1.54, 1.807) is 12.1 Å². The van der Waals surface area contributed by atoms with Crippen molar-refractivity contribution in [2.24, 2.45) is 0 Å². The third-order valence-electron chi connectivity index (χ3n) is 1.86. The molecule has 4 heteroatoms. The van der Waals surface area contributed by atoms with Crippen LogP contribution in [-0.2, 0) is 6.61 Å². The Hall–Kier alpha value is -1.68. The number of aromatic amines is 1. The Morgan fingerprint density at radius 1 is 1.46 bits per heavy atom. The van der Waals surface area contributed by atoms with E-state index in [9.17, 15) is 4.79 Å². The number of nitrogens with one attached hydrogen (secondary N) is 1. The molecule has 0 fully saturated rings. The van der Waals surface area contributed by atoms with Gasteiger partial charge in [0.2, 0.25) is 0 Å². The summed E-state index contributed by atoms with van der Waals surface area (Å²) in [4.78, 5) is 17.0. The van der Waals surface area contributed by atoms with E-state index >= 15 is 0 Å². The van der Waals surface area contributed by atoms with Crippen molar-refractivity contribution in [1.29, 1.82) is 0 Å². The van der Waals surface area contributed by atoms with E-state index in [2.05, 4.69) is 9.97 Å². The van der Waals surface area contributed by atoms with Crippen LogP contribution in [0.1, 0.15) is 5.56 Å². The molecule has 2 aromatic rings. The lowest BCUT2D eigenvalue weighted by atomic mass is 10.2. The molecule has 4 nitrogen and oxygen atoms in total. The Balaban J connectivity index is 2.75. The van der Waals surface area contributed by atoms with Crippen LogP contribution in [0, 0.1) is 0 Å². The molecule has 1 aromatic carbocycles. The number of aliphatic hydroxyl groups excluding tert-OH is 1. The van der Waals surface area contributed by atoms with Crippen molar-refractivity contribution in [3.05, 3.63) is 40.4 Å². The van der Waals surface area contributed by atoms with Crippen molar-refractivity contribution < 1.29 is 5.11 Å². The van der Waals surface area contributed by atoms with Gasteiger partial charge in [-0.05, 0) is 11.6 Å². The van der Waals surface area contributed by atoms with E-state index in [1.165, 1.54) is 6.20 Å².